The van der Waals surface area contributed by atoms with Crippen LogP contribution in [0.25, 0.3) is 11.2 Å². The number of fused-ring (bicyclic) bond motifs is 2. The fourth-order valence-electron chi connectivity index (χ4n) is 6.71. The first-order valence-corrected chi connectivity index (χ1v) is 14.9. The zero-order valence-electron chi connectivity index (χ0n) is 22.8. The monoisotopic (exact) mass is 521 g/mol. The molecular formula is C32H39N7. The summed E-state index contributed by atoms with van der Waals surface area (Å²) < 4.78 is 2.35. The Morgan fingerprint density at radius 3 is 2.38 bits per heavy atom. The van der Waals surface area contributed by atoms with Crippen molar-refractivity contribution in [3.8, 4) is 0 Å². The number of piperidine rings is 1. The fourth-order valence-corrected chi connectivity index (χ4v) is 6.71. The molecule has 0 bridgehead atoms. The Morgan fingerprint density at radius 1 is 0.795 bits per heavy atom. The van der Waals surface area contributed by atoms with Crippen molar-refractivity contribution in [2.45, 2.75) is 76.5 Å². The maximum Gasteiger partial charge on any atom is 0.229 e. The molecule has 1 saturated carbocycles. The number of rotatable bonds is 6. The van der Waals surface area contributed by atoms with E-state index in [2.05, 4.69) is 74.3 Å². The standard InChI is InChI=1S/C32H39N7/c1-3-9-24(10-4-1)21-37-18-16-27(17-19-37)34-30-29-31(39(23-33-29)28-13-5-2-6-14-28)36-32(35-30)38-20-15-25-11-7-8-12-26(25)22-38/h1,3-4,7-12,23,27-28H,2,5-6,13-22H2,(H,34,35,36). The van der Waals surface area contributed by atoms with E-state index in [1.165, 1.54) is 48.8 Å². The summed E-state index contributed by atoms with van der Waals surface area (Å²) in [6, 6.07) is 20.5. The van der Waals surface area contributed by atoms with Crippen LogP contribution in [-0.4, -0.2) is 50.1 Å². The topological polar surface area (TPSA) is 62.1 Å². The normalized spacial score (nSPS) is 19.3. The van der Waals surface area contributed by atoms with Crippen molar-refractivity contribution in [2.24, 2.45) is 0 Å². The largest absolute Gasteiger partial charge is 0.365 e. The lowest BCUT2D eigenvalue weighted by atomic mass is 9.95. The van der Waals surface area contributed by atoms with E-state index in [1.54, 1.807) is 0 Å². The number of nitrogens with zero attached hydrogens (tertiary/aromatic N) is 6. The lowest BCUT2D eigenvalue weighted by Crippen LogP contribution is -2.39. The first-order valence-electron chi connectivity index (χ1n) is 14.9. The van der Waals surface area contributed by atoms with Crippen molar-refractivity contribution in [3.63, 3.8) is 0 Å². The predicted octanol–water partition coefficient (Wildman–Crippen LogP) is 5.97. The van der Waals surface area contributed by atoms with Gasteiger partial charge in [0, 0.05) is 44.8 Å². The molecule has 2 fully saturated rings. The zero-order valence-corrected chi connectivity index (χ0v) is 22.8. The Balaban J connectivity index is 1.14. The number of hydrogen-bond donors (Lipinski definition) is 1. The molecule has 2 aromatic heterocycles. The number of benzene rings is 2. The van der Waals surface area contributed by atoms with Gasteiger partial charge < -0.3 is 14.8 Å². The number of aromatic nitrogens is 4. The molecule has 4 heterocycles. The molecule has 202 valence electrons. The summed E-state index contributed by atoms with van der Waals surface area (Å²) in [6.07, 6.45) is 11.6. The van der Waals surface area contributed by atoms with Gasteiger partial charge in [-0.3, -0.25) is 4.90 Å². The molecule has 1 N–H and O–H groups in total. The van der Waals surface area contributed by atoms with Crippen LogP contribution in [0.3, 0.4) is 0 Å². The van der Waals surface area contributed by atoms with Crippen LogP contribution in [0.5, 0.6) is 0 Å². The first kappa shape index (κ1) is 24.6. The average molecular weight is 522 g/mol. The molecule has 7 rings (SSSR count). The minimum Gasteiger partial charge on any atom is -0.365 e. The van der Waals surface area contributed by atoms with Crippen molar-refractivity contribution >= 4 is 22.9 Å². The minimum absolute atomic E-state index is 0.393. The summed E-state index contributed by atoms with van der Waals surface area (Å²) in [5, 5.41) is 3.84. The van der Waals surface area contributed by atoms with Crippen LogP contribution in [0.1, 0.15) is 67.7 Å². The van der Waals surface area contributed by atoms with E-state index in [-0.39, 0.29) is 0 Å². The highest BCUT2D eigenvalue weighted by atomic mass is 15.3. The second-order valence-corrected chi connectivity index (χ2v) is 11.6. The molecular weight excluding hydrogens is 482 g/mol. The van der Waals surface area contributed by atoms with Crippen molar-refractivity contribution in [1.29, 1.82) is 0 Å². The molecule has 2 aliphatic heterocycles. The van der Waals surface area contributed by atoms with Crippen LogP contribution < -0.4 is 10.2 Å². The number of hydrogen-bond acceptors (Lipinski definition) is 6. The van der Waals surface area contributed by atoms with Crippen LogP contribution in [-0.2, 0) is 19.5 Å². The third-order valence-electron chi connectivity index (χ3n) is 8.97. The van der Waals surface area contributed by atoms with E-state index >= 15 is 0 Å². The van der Waals surface area contributed by atoms with Crippen LogP contribution in [0.4, 0.5) is 11.8 Å². The number of likely N-dealkylation sites (tertiary alicyclic amines) is 1. The molecule has 4 aromatic rings. The molecule has 0 atom stereocenters. The highest BCUT2D eigenvalue weighted by Gasteiger charge is 2.26. The van der Waals surface area contributed by atoms with E-state index in [9.17, 15) is 0 Å². The van der Waals surface area contributed by atoms with Crippen LogP contribution in [0.15, 0.2) is 60.9 Å². The SMILES string of the molecule is c1ccc(CN2CCC(Nc3nc(N4CCc5ccccc5C4)nc4c3ncn4C3CCCCC3)CC2)cc1. The Labute approximate surface area is 231 Å². The molecule has 7 heteroatoms. The molecule has 0 amide bonds. The van der Waals surface area contributed by atoms with Crippen molar-refractivity contribution in [3.05, 3.63) is 77.6 Å². The van der Waals surface area contributed by atoms with Crippen LogP contribution >= 0.6 is 0 Å². The van der Waals surface area contributed by atoms with Gasteiger partial charge in [0.15, 0.2) is 17.0 Å². The van der Waals surface area contributed by atoms with Gasteiger partial charge in [-0.2, -0.15) is 9.97 Å². The lowest BCUT2D eigenvalue weighted by Gasteiger charge is -2.33. The summed E-state index contributed by atoms with van der Waals surface area (Å²) in [7, 11) is 0. The summed E-state index contributed by atoms with van der Waals surface area (Å²) in [5.41, 5.74) is 6.14. The molecule has 0 spiro atoms. The van der Waals surface area contributed by atoms with Gasteiger partial charge in [0.1, 0.15) is 0 Å². The maximum absolute atomic E-state index is 5.19. The summed E-state index contributed by atoms with van der Waals surface area (Å²) in [6.45, 7) is 5.01. The molecule has 3 aliphatic rings. The number of nitrogens with one attached hydrogen (secondary N) is 1. The average Bonchev–Trinajstić information content (AvgIpc) is 3.43. The van der Waals surface area contributed by atoms with Gasteiger partial charge >= 0.3 is 0 Å². The quantitative estimate of drug-likeness (QED) is 0.337. The van der Waals surface area contributed by atoms with Crippen molar-refractivity contribution in [1.82, 2.24) is 24.4 Å². The minimum atomic E-state index is 0.393. The Kier molecular flexibility index (Phi) is 6.91. The smallest absolute Gasteiger partial charge is 0.229 e. The third kappa shape index (κ3) is 5.24. The van der Waals surface area contributed by atoms with Gasteiger partial charge in [-0.15, -0.1) is 0 Å². The molecule has 0 unspecified atom stereocenters. The van der Waals surface area contributed by atoms with Gasteiger partial charge in [0.05, 0.1) is 6.33 Å². The number of imidazole rings is 1. The highest BCUT2D eigenvalue weighted by molar-refractivity contribution is 5.84. The van der Waals surface area contributed by atoms with E-state index in [0.29, 0.717) is 12.1 Å². The molecule has 7 nitrogen and oxygen atoms in total. The van der Waals surface area contributed by atoms with Crippen molar-refractivity contribution < 1.29 is 0 Å². The summed E-state index contributed by atoms with van der Waals surface area (Å²) >= 11 is 0. The van der Waals surface area contributed by atoms with Crippen LogP contribution in [0, 0.1) is 0 Å². The van der Waals surface area contributed by atoms with Gasteiger partial charge in [-0.1, -0.05) is 73.9 Å². The second kappa shape index (κ2) is 11.0. The van der Waals surface area contributed by atoms with E-state index in [0.717, 1.165) is 74.9 Å². The molecule has 0 radical (unpaired) electrons. The van der Waals surface area contributed by atoms with Crippen LogP contribution in [0.2, 0.25) is 0 Å². The number of anilines is 2. The van der Waals surface area contributed by atoms with Crippen molar-refractivity contribution in [2.75, 3.05) is 29.9 Å². The van der Waals surface area contributed by atoms with Gasteiger partial charge in [0.25, 0.3) is 0 Å². The Bertz CT molecular complexity index is 1400. The van der Waals surface area contributed by atoms with Gasteiger partial charge in [-0.05, 0) is 48.8 Å². The highest BCUT2D eigenvalue weighted by Crippen LogP contribution is 2.33. The molecule has 1 aliphatic carbocycles. The molecule has 1 saturated heterocycles. The Morgan fingerprint density at radius 2 is 1.56 bits per heavy atom. The molecule has 2 aromatic carbocycles. The summed E-state index contributed by atoms with van der Waals surface area (Å²) in [5.74, 6) is 1.74. The zero-order chi connectivity index (χ0) is 26.0. The lowest BCUT2D eigenvalue weighted by molar-refractivity contribution is 0.211. The third-order valence-corrected chi connectivity index (χ3v) is 8.97. The fraction of sp³-hybridized carbons (Fsp3) is 0.469. The predicted molar refractivity (Wildman–Crippen MR) is 157 cm³/mol. The van der Waals surface area contributed by atoms with E-state index in [1.807, 2.05) is 6.33 Å². The van der Waals surface area contributed by atoms with Gasteiger partial charge in [-0.25, -0.2) is 4.98 Å². The van der Waals surface area contributed by atoms with Gasteiger partial charge in [0.2, 0.25) is 5.95 Å². The maximum atomic E-state index is 5.19. The molecule has 39 heavy (non-hydrogen) atoms. The first-order chi connectivity index (χ1) is 19.3. The van der Waals surface area contributed by atoms with E-state index in [4.69, 9.17) is 15.0 Å². The Hall–Kier alpha value is -3.45. The summed E-state index contributed by atoms with van der Waals surface area (Å²) in [4.78, 5) is 20.2. The van der Waals surface area contributed by atoms with E-state index < -0.39 is 0 Å². The second-order valence-electron chi connectivity index (χ2n) is 11.6.